The SMILES string of the molecule is CCOc1ccc(C=NNC(=O)c2ccccc2Br)cc1. The highest BCUT2D eigenvalue weighted by Crippen LogP contribution is 2.15. The molecule has 0 heterocycles. The Balaban J connectivity index is 1.96. The lowest BCUT2D eigenvalue weighted by molar-refractivity contribution is 0.0954. The molecule has 0 saturated carbocycles. The van der Waals surface area contributed by atoms with Crippen molar-refractivity contribution in [1.82, 2.24) is 5.43 Å². The number of carbonyl (C=O) groups excluding carboxylic acids is 1. The van der Waals surface area contributed by atoms with Crippen molar-refractivity contribution in [3.63, 3.8) is 0 Å². The summed E-state index contributed by atoms with van der Waals surface area (Å²) in [5.74, 6) is 0.552. The Kier molecular flexibility index (Phi) is 5.51. The fraction of sp³-hybridized carbons (Fsp3) is 0.125. The summed E-state index contributed by atoms with van der Waals surface area (Å²) < 4.78 is 6.09. The zero-order valence-electron chi connectivity index (χ0n) is 11.5. The van der Waals surface area contributed by atoms with Crippen molar-refractivity contribution in [3.05, 3.63) is 64.1 Å². The molecule has 1 amide bonds. The van der Waals surface area contributed by atoms with Gasteiger partial charge in [-0.1, -0.05) is 12.1 Å². The number of halogens is 1. The third-order valence-corrected chi connectivity index (χ3v) is 3.38. The lowest BCUT2D eigenvalue weighted by Gasteiger charge is -2.03. The number of hydrogen-bond donors (Lipinski definition) is 1. The first kappa shape index (κ1) is 15.3. The van der Waals surface area contributed by atoms with E-state index in [1.807, 2.05) is 43.3 Å². The summed E-state index contributed by atoms with van der Waals surface area (Å²) in [5.41, 5.74) is 3.92. The van der Waals surface area contributed by atoms with Gasteiger partial charge in [-0.3, -0.25) is 4.79 Å². The second kappa shape index (κ2) is 7.59. The molecule has 0 atom stereocenters. The van der Waals surface area contributed by atoms with Crippen molar-refractivity contribution >= 4 is 28.1 Å². The Morgan fingerprint density at radius 3 is 2.62 bits per heavy atom. The Hall–Kier alpha value is -2.14. The monoisotopic (exact) mass is 346 g/mol. The van der Waals surface area contributed by atoms with Gasteiger partial charge < -0.3 is 4.74 Å². The minimum Gasteiger partial charge on any atom is -0.494 e. The molecule has 0 aliphatic carbocycles. The molecule has 5 heteroatoms. The van der Waals surface area contributed by atoms with Gasteiger partial charge >= 0.3 is 0 Å². The minimum atomic E-state index is -0.260. The van der Waals surface area contributed by atoms with Crippen LogP contribution in [0.15, 0.2) is 58.1 Å². The van der Waals surface area contributed by atoms with Crippen molar-refractivity contribution in [2.24, 2.45) is 5.10 Å². The van der Waals surface area contributed by atoms with Gasteiger partial charge in [-0.2, -0.15) is 5.10 Å². The van der Waals surface area contributed by atoms with E-state index in [0.717, 1.165) is 15.8 Å². The van der Waals surface area contributed by atoms with Crippen molar-refractivity contribution in [2.45, 2.75) is 6.92 Å². The summed E-state index contributed by atoms with van der Waals surface area (Å²) >= 11 is 3.33. The summed E-state index contributed by atoms with van der Waals surface area (Å²) in [7, 11) is 0. The fourth-order valence-electron chi connectivity index (χ4n) is 1.69. The Morgan fingerprint density at radius 2 is 1.95 bits per heavy atom. The number of hydrazone groups is 1. The number of rotatable bonds is 5. The molecule has 0 spiro atoms. The number of carbonyl (C=O) groups is 1. The zero-order valence-corrected chi connectivity index (χ0v) is 13.1. The van der Waals surface area contributed by atoms with Gasteiger partial charge in [0.2, 0.25) is 0 Å². The van der Waals surface area contributed by atoms with E-state index in [0.29, 0.717) is 12.2 Å². The highest BCUT2D eigenvalue weighted by atomic mass is 79.9. The fourth-order valence-corrected chi connectivity index (χ4v) is 2.15. The van der Waals surface area contributed by atoms with E-state index in [2.05, 4.69) is 26.5 Å². The van der Waals surface area contributed by atoms with Gasteiger partial charge in [0.15, 0.2) is 0 Å². The normalized spacial score (nSPS) is 10.6. The molecule has 1 N–H and O–H groups in total. The van der Waals surface area contributed by atoms with Gasteiger partial charge in [0.25, 0.3) is 5.91 Å². The number of amides is 1. The molecule has 108 valence electrons. The van der Waals surface area contributed by atoms with Crippen LogP contribution in [-0.2, 0) is 0 Å². The Morgan fingerprint density at radius 1 is 1.24 bits per heavy atom. The van der Waals surface area contributed by atoms with Gasteiger partial charge in [0.05, 0.1) is 18.4 Å². The first-order valence-electron chi connectivity index (χ1n) is 6.51. The number of nitrogens with zero attached hydrogens (tertiary/aromatic N) is 1. The van der Waals surface area contributed by atoms with Crippen LogP contribution in [-0.4, -0.2) is 18.7 Å². The van der Waals surface area contributed by atoms with Crippen LogP contribution in [0.3, 0.4) is 0 Å². The molecular formula is C16H15BrN2O2. The lowest BCUT2D eigenvalue weighted by atomic mass is 10.2. The van der Waals surface area contributed by atoms with E-state index >= 15 is 0 Å². The highest BCUT2D eigenvalue weighted by molar-refractivity contribution is 9.10. The summed E-state index contributed by atoms with van der Waals surface area (Å²) in [6.07, 6.45) is 1.59. The van der Waals surface area contributed by atoms with Crippen LogP contribution in [0.4, 0.5) is 0 Å². The zero-order chi connectivity index (χ0) is 15.1. The average Bonchev–Trinajstić information content (AvgIpc) is 2.49. The van der Waals surface area contributed by atoms with E-state index < -0.39 is 0 Å². The van der Waals surface area contributed by atoms with Gasteiger partial charge in [-0.25, -0.2) is 5.43 Å². The summed E-state index contributed by atoms with van der Waals surface area (Å²) in [6, 6.07) is 14.7. The van der Waals surface area contributed by atoms with E-state index in [4.69, 9.17) is 4.74 Å². The number of hydrogen-bond acceptors (Lipinski definition) is 3. The summed E-state index contributed by atoms with van der Waals surface area (Å²) in [6.45, 7) is 2.57. The number of nitrogens with one attached hydrogen (secondary N) is 1. The van der Waals surface area contributed by atoms with Crippen LogP contribution >= 0.6 is 15.9 Å². The third-order valence-electron chi connectivity index (χ3n) is 2.69. The maximum absolute atomic E-state index is 11.9. The highest BCUT2D eigenvalue weighted by Gasteiger charge is 2.07. The van der Waals surface area contributed by atoms with Crippen molar-refractivity contribution < 1.29 is 9.53 Å². The van der Waals surface area contributed by atoms with Crippen molar-refractivity contribution in [2.75, 3.05) is 6.61 Å². The second-order valence-electron chi connectivity index (χ2n) is 4.18. The molecule has 4 nitrogen and oxygen atoms in total. The van der Waals surface area contributed by atoms with Gasteiger partial charge in [0, 0.05) is 4.47 Å². The first-order valence-corrected chi connectivity index (χ1v) is 7.31. The molecule has 0 unspecified atom stereocenters. The molecule has 0 fully saturated rings. The van der Waals surface area contributed by atoms with Crippen LogP contribution < -0.4 is 10.2 Å². The molecule has 2 rings (SSSR count). The number of ether oxygens (including phenoxy) is 1. The Bertz CT molecular complexity index is 639. The lowest BCUT2D eigenvalue weighted by Crippen LogP contribution is -2.18. The van der Waals surface area contributed by atoms with Crippen LogP contribution in [0.1, 0.15) is 22.8 Å². The molecule has 0 saturated heterocycles. The second-order valence-corrected chi connectivity index (χ2v) is 5.04. The van der Waals surface area contributed by atoms with E-state index in [1.54, 1.807) is 18.3 Å². The predicted octanol–water partition coefficient (Wildman–Crippen LogP) is 3.61. The van der Waals surface area contributed by atoms with Crippen LogP contribution in [0.2, 0.25) is 0 Å². The summed E-state index contributed by atoms with van der Waals surface area (Å²) in [4.78, 5) is 11.9. The van der Waals surface area contributed by atoms with Crippen molar-refractivity contribution in [1.29, 1.82) is 0 Å². The maximum Gasteiger partial charge on any atom is 0.272 e. The molecule has 2 aromatic carbocycles. The average molecular weight is 347 g/mol. The third kappa shape index (κ3) is 4.43. The standard InChI is InChI=1S/C16H15BrN2O2/c1-2-21-13-9-7-12(8-10-13)11-18-19-16(20)14-5-3-4-6-15(14)17/h3-11H,2H2,1H3,(H,19,20). The van der Waals surface area contributed by atoms with Gasteiger partial charge in [-0.15, -0.1) is 0 Å². The van der Waals surface area contributed by atoms with Crippen LogP contribution in [0, 0.1) is 0 Å². The number of benzene rings is 2. The minimum absolute atomic E-state index is 0.260. The van der Waals surface area contributed by atoms with Crippen LogP contribution in [0.25, 0.3) is 0 Å². The van der Waals surface area contributed by atoms with Gasteiger partial charge in [-0.05, 0) is 64.8 Å². The molecule has 0 bridgehead atoms. The van der Waals surface area contributed by atoms with E-state index in [1.165, 1.54) is 0 Å². The van der Waals surface area contributed by atoms with Gasteiger partial charge in [0.1, 0.15) is 5.75 Å². The Labute approximate surface area is 132 Å². The predicted molar refractivity (Wildman–Crippen MR) is 86.8 cm³/mol. The molecule has 2 aromatic rings. The smallest absolute Gasteiger partial charge is 0.272 e. The molecule has 21 heavy (non-hydrogen) atoms. The quantitative estimate of drug-likeness (QED) is 0.664. The molecule has 0 aliphatic rings. The first-order chi connectivity index (χ1) is 10.2. The molecular weight excluding hydrogens is 332 g/mol. The van der Waals surface area contributed by atoms with Crippen LogP contribution in [0.5, 0.6) is 5.75 Å². The largest absolute Gasteiger partial charge is 0.494 e. The molecule has 0 aromatic heterocycles. The van der Waals surface area contributed by atoms with Crippen molar-refractivity contribution in [3.8, 4) is 5.75 Å². The van der Waals surface area contributed by atoms with E-state index in [-0.39, 0.29) is 5.91 Å². The molecule has 0 aliphatic heterocycles. The molecule has 0 radical (unpaired) electrons. The summed E-state index contributed by atoms with van der Waals surface area (Å²) in [5, 5.41) is 3.95. The maximum atomic E-state index is 11.9. The van der Waals surface area contributed by atoms with E-state index in [9.17, 15) is 4.79 Å². The topological polar surface area (TPSA) is 50.7 Å².